The maximum absolute atomic E-state index is 4.87. The molecule has 0 amide bonds. The molecule has 0 saturated carbocycles. The molecule has 0 bridgehead atoms. The first-order valence-electron chi connectivity index (χ1n) is 9.15. The fourth-order valence-corrected chi connectivity index (χ4v) is 4.61. The molecular weight excluding hydrogens is 396 g/mol. The molecule has 0 fully saturated rings. The highest BCUT2D eigenvalue weighted by atomic mass is 79.9. The lowest BCUT2D eigenvalue weighted by Gasteiger charge is -2.34. The SMILES string of the molecule is Cc1cn2c(n1)-c1ccccc1C2(Cc1ccccc1)c1ccc(Br)cc1. The van der Waals surface area contributed by atoms with Gasteiger partial charge in [0.15, 0.2) is 0 Å². The van der Waals surface area contributed by atoms with E-state index in [0.717, 1.165) is 22.4 Å². The van der Waals surface area contributed by atoms with Crippen molar-refractivity contribution in [2.75, 3.05) is 0 Å². The highest BCUT2D eigenvalue weighted by molar-refractivity contribution is 9.10. The second-order valence-corrected chi connectivity index (χ2v) is 8.07. The average Bonchev–Trinajstić information content (AvgIpc) is 3.19. The largest absolute Gasteiger partial charge is 0.316 e. The highest BCUT2D eigenvalue weighted by Gasteiger charge is 2.45. The van der Waals surface area contributed by atoms with Crippen molar-refractivity contribution in [1.82, 2.24) is 9.55 Å². The molecular formula is C24H19BrN2. The van der Waals surface area contributed by atoms with Gasteiger partial charge in [0.05, 0.1) is 5.69 Å². The van der Waals surface area contributed by atoms with Gasteiger partial charge < -0.3 is 4.57 Å². The first kappa shape index (κ1) is 16.5. The second kappa shape index (κ2) is 6.21. The Balaban J connectivity index is 1.84. The zero-order valence-corrected chi connectivity index (χ0v) is 16.6. The van der Waals surface area contributed by atoms with Crippen molar-refractivity contribution in [3.05, 3.63) is 112 Å². The minimum atomic E-state index is -0.296. The lowest BCUT2D eigenvalue weighted by atomic mass is 9.78. The molecule has 0 aliphatic carbocycles. The van der Waals surface area contributed by atoms with Gasteiger partial charge in [-0.3, -0.25) is 0 Å². The lowest BCUT2D eigenvalue weighted by Crippen LogP contribution is -2.35. The van der Waals surface area contributed by atoms with Crippen LogP contribution < -0.4 is 0 Å². The number of nitrogens with zero attached hydrogens (tertiary/aromatic N) is 2. The average molecular weight is 415 g/mol. The van der Waals surface area contributed by atoms with Crippen LogP contribution in [-0.2, 0) is 12.0 Å². The number of aryl methyl sites for hydroxylation is 1. The highest BCUT2D eigenvalue weighted by Crippen LogP contribution is 2.49. The van der Waals surface area contributed by atoms with Crippen LogP contribution in [0.25, 0.3) is 11.4 Å². The Hall–Kier alpha value is -2.65. The Labute approximate surface area is 167 Å². The molecule has 132 valence electrons. The summed E-state index contributed by atoms with van der Waals surface area (Å²) in [4.78, 5) is 4.87. The second-order valence-electron chi connectivity index (χ2n) is 7.15. The Morgan fingerprint density at radius 3 is 2.37 bits per heavy atom. The van der Waals surface area contributed by atoms with Crippen molar-refractivity contribution in [2.45, 2.75) is 18.9 Å². The maximum atomic E-state index is 4.87. The van der Waals surface area contributed by atoms with Gasteiger partial charge in [-0.25, -0.2) is 4.98 Å². The molecule has 1 aliphatic rings. The van der Waals surface area contributed by atoms with Crippen molar-refractivity contribution in [2.24, 2.45) is 0 Å². The zero-order valence-electron chi connectivity index (χ0n) is 15.1. The molecule has 3 heteroatoms. The van der Waals surface area contributed by atoms with Gasteiger partial charge in [0, 0.05) is 22.7 Å². The Bertz CT molecular complexity index is 1110. The van der Waals surface area contributed by atoms with E-state index in [9.17, 15) is 0 Å². The van der Waals surface area contributed by atoms with Crippen LogP contribution in [0.1, 0.15) is 22.4 Å². The molecule has 0 radical (unpaired) electrons. The van der Waals surface area contributed by atoms with Gasteiger partial charge in [0.1, 0.15) is 11.4 Å². The zero-order chi connectivity index (χ0) is 18.4. The van der Waals surface area contributed by atoms with Crippen molar-refractivity contribution in [3.63, 3.8) is 0 Å². The number of fused-ring (bicyclic) bond motifs is 3. The smallest absolute Gasteiger partial charge is 0.141 e. The topological polar surface area (TPSA) is 17.8 Å². The molecule has 4 aromatic rings. The minimum absolute atomic E-state index is 0.296. The standard InChI is InChI=1S/C24H19BrN2/c1-17-16-27-23(26-17)21-9-5-6-10-22(21)24(27,15-18-7-3-2-4-8-18)19-11-13-20(25)14-12-19/h2-14,16H,15H2,1H3. The first-order valence-corrected chi connectivity index (χ1v) is 9.94. The lowest BCUT2D eigenvalue weighted by molar-refractivity contribution is 0.449. The maximum Gasteiger partial charge on any atom is 0.141 e. The van der Waals surface area contributed by atoms with E-state index in [1.165, 1.54) is 22.3 Å². The molecule has 2 heterocycles. The Kier molecular flexibility index (Phi) is 3.80. The summed E-state index contributed by atoms with van der Waals surface area (Å²) in [5.74, 6) is 1.06. The minimum Gasteiger partial charge on any atom is -0.316 e. The number of imidazole rings is 1. The van der Waals surface area contributed by atoms with Crippen LogP contribution in [0.2, 0.25) is 0 Å². The summed E-state index contributed by atoms with van der Waals surface area (Å²) in [5, 5.41) is 0. The predicted molar refractivity (Wildman–Crippen MR) is 113 cm³/mol. The van der Waals surface area contributed by atoms with Crippen molar-refractivity contribution in [1.29, 1.82) is 0 Å². The van der Waals surface area contributed by atoms with Gasteiger partial charge in [-0.1, -0.05) is 82.7 Å². The molecule has 1 atom stereocenters. The van der Waals surface area contributed by atoms with E-state index < -0.39 is 0 Å². The molecule has 0 saturated heterocycles. The summed E-state index contributed by atoms with van der Waals surface area (Å²) in [6.45, 7) is 2.07. The van der Waals surface area contributed by atoms with Crippen LogP contribution in [0.4, 0.5) is 0 Å². The number of halogens is 1. The summed E-state index contributed by atoms with van der Waals surface area (Å²) < 4.78 is 3.47. The van der Waals surface area contributed by atoms with Crippen LogP contribution in [-0.4, -0.2) is 9.55 Å². The number of benzene rings is 3. The molecule has 5 rings (SSSR count). The molecule has 1 aromatic heterocycles. The predicted octanol–water partition coefficient (Wildman–Crippen LogP) is 5.97. The van der Waals surface area contributed by atoms with Gasteiger partial charge in [-0.2, -0.15) is 0 Å². The van der Waals surface area contributed by atoms with E-state index in [-0.39, 0.29) is 5.54 Å². The summed E-state index contributed by atoms with van der Waals surface area (Å²) in [6.07, 6.45) is 3.08. The van der Waals surface area contributed by atoms with E-state index in [1.807, 2.05) is 0 Å². The third-order valence-electron chi connectivity index (χ3n) is 5.48. The van der Waals surface area contributed by atoms with E-state index in [4.69, 9.17) is 4.98 Å². The summed E-state index contributed by atoms with van der Waals surface area (Å²) in [7, 11) is 0. The quantitative estimate of drug-likeness (QED) is 0.403. The number of rotatable bonds is 3. The summed E-state index contributed by atoms with van der Waals surface area (Å²) in [5.41, 5.74) is 5.89. The third kappa shape index (κ3) is 2.49. The fourth-order valence-electron chi connectivity index (χ4n) is 4.34. The van der Waals surface area contributed by atoms with Gasteiger partial charge in [0.2, 0.25) is 0 Å². The van der Waals surface area contributed by atoms with Gasteiger partial charge in [-0.15, -0.1) is 0 Å². The Morgan fingerprint density at radius 1 is 0.889 bits per heavy atom. The van der Waals surface area contributed by atoms with E-state index in [2.05, 4.69) is 112 Å². The van der Waals surface area contributed by atoms with Gasteiger partial charge in [0.25, 0.3) is 0 Å². The number of aromatic nitrogens is 2. The van der Waals surface area contributed by atoms with Crippen LogP contribution >= 0.6 is 15.9 Å². The van der Waals surface area contributed by atoms with Crippen LogP contribution in [0, 0.1) is 6.92 Å². The van der Waals surface area contributed by atoms with E-state index >= 15 is 0 Å². The summed E-state index contributed by atoms with van der Waals surface area (Å²) >= 11 is 3.59. The molecule has 2 nitrogen and oxygen atoms in total. The fraction of sp³-hybridized carbons (Fsp3) is 0.125. The molecule has 1 unspecified atom stereocenters. The summed E-state index contributed by atoms with van der Waals surface area (Å²) in [6, 6.07) is 28.1. The van der Waals surface area contributed by atoms with Crippen LogP contribution in [0.15, 0.2) is 89.5 Å². The molecule has 0 spiro atoms. The van der Waals surface area contributed by atoms with Gasteiger partial charge in [-0.05, 0) is 35.7 Å². The molecule has 27 heavy (non-hydrogen) atoms. The van der Waals surface area contributed by atoms with Crippen molar-refractivity contribution < 1.29 is 0 Å². The number of hydrogen-bond acceptors (Lipinski definition) is 1. The third-order valence-corrected chi connectivity index (χ3v) is 6.00. The van der Waals surface area contributed by atoms with E-state index in [0.29, 0.717) is 0 Å². The number of hydrogen-bond donors (Lipinski definition) is 0. The molecule has 0 N–H and O–H groups in total. The molecule has 1 aliphatic heterocycles. The van der Waals surface area contributed by atoms with Crippen LogP contribution in [0.5, 0.6) is 0 Å². The monoisotopic (exact) mass is 414 g/mol. The van der Waals surface area contributed by atoms with Crippen LogP contribution in [0.3, 0.4) is 0 Å². The molecule has 3 aromatic carbocycles. The normalized spacial score (nSPS) is 17.6. The Morgan fingerprint density at radius 2 is 1.59 bits per heavy atom. The van der Waals surface area contributed by atoms with E-state index in [1.54, 1.807) is 0 Å². The van der Waals surface area contributed by atoms with Crippen molar-refractivity contribution in [3.8, 4) is 11.4 Å². The van der Waals surface area contributed by atoms with Gasteiger partial charge >= 0.3 is 0 Å². The van der Waals surface area contributed by atoms with Crippen molar-refractivity contribution >= 4 is 15.9 Å². The first-order chi connectivity index (χ1) is 13.2.